The summed E-state index contributed by atoms with van der Waals surface area (Å²) >= 11 is 0. The van der Waals surface area contributed by atoms with Crippen molar-refractivity contribution in [3.05, 3.63) is 46.5 Å². The molecule has 1 fully saturated rings. The summed E-state index contributed by atoms with van der Waals surface area (Å²) in [6.07, 6.45) is 10.2. The second-order valence-electron chi connectivity index (χ2n) is 6.70. The number of carbonyl (C=O) groups is 1. The third-order valence-electron chi connectivity index (χ3n) is 4.80. The van der Waals surface area contributed by atoms with Crippen molar-refractivity contribution in [2.75, 3.05) is 13.1 Å². The lowest BCUT2D eigenvalue weighted by Crippen LogP contribution is -2.36. The number of rotatable bonds is 7. The zero-order valence-electron chi connectivity index (χ0n) is 15.5. The van der Waals surface area contributed by atoms with E-state index in [1.54, 1.807) is 6.07 Å². The van der Waals surface area contributed by atoms with E-state index in [1.165, 1.54) is 68.0 Å². The summed E-state index contributed by atoms with van der Waals surface area (Å²) in [6, 6.07) is 4.85. The van der Waals surface area contributed by atoms with E-state index in [0.29, 0.717) is 19.1 Å². The Morgan fingerprint density at radius 3 is 2.61 bits per heavy atom. The summed E-state index contributed by atoms with van der Waals surface area (Å²) in [5.74, 6) is -0.328. The van der Waals surface area contributed by atoms with Gasteiger partial charge in [-0.2, -0.15) is 5.10 Å². The molecule has 0 radical (unpaired) electrons. The molecule has 1 amide bonds. The van der Waals surface area contributed by atoms with Crippen LogP contribution < -0.4 is 10.6 Å². The predicted molar refractivity (Wildman–Crippen MR) is 107 cm³/mol. The van der Waals surface area contributed by atoms with E-state index in [4.69, 9.17) is 0 Å². The van der Waals surface area contributed by atoms with Gasteiger partial charge in [-0.15, -0.1) is 12.4 Å². The Labute approximate surface area is 169 Å². The van der Waals surface area contributed by atoms with Gasteiger partial charge in [0.25, 0.3) is 11.6 Å². The fraction of sp³-hybridized carbons (Fsp3) is 0.500. The van der Waals surface area contributed by atoms with Gasteiger partial charge in [-0.25, -0.2) is 9.67 Å². The lowest BCUT2D eigenvalue weighted by molar-refractivity contribution is -0.384. The first kappa shape index (κ1) is 21.8. The number of benzene rings is 1. The van der Waals surface area contributed by atoms with Crippen LogP contribution in [-0.2, 0) is 0 Å². The number of amides is 1. The first-order chi connectivity index (χ1) is 13.1. The number of hydrogen-bond donors (Lipinski definition) is 2. The van der Waals surface area contributed by atoms with Crippen LogP contribution in [0.5, 0.6) is 0 Å². The largest absolute Gasteiger partial charge is 0.351 e. The minimum absolute atomic E-state index is 0. The van der Waals surface area contributed by atoms with Crippen molar-refractivity contribution in [3.63, 3.8) is 0 Å². The van der Waals surface area contributed by atoms with E-state index in [1.807, 2.05) is 0 Å². The highest BCUT2D eigenvalue weighted by Gasteiger charge is 2.19. The molecule has 10 heteroatoms. The fourth-order valence-corrected chi connectivity index (χ4v) is 3.38. The molecule has 1 aliphatic carbocycles. The number of nitro benzene ring substituents is 1. The van der Waals surface area contributed by atoms with Crippen LogP contribution in [-0.4, -0.2) is 44.7 Å². The minimum Gasteiger partial charge on any atom is -0.351 e. The Hall–Kier alpha value is -2.52. The molecule has 1 aliphatic rings. The molecule has 0 unspecified atom stereocenters. The maximum Gasteiger partial charge on any atom is 0.295 e. The first-order valence-electron chi connectivity index (χ1n) is 9.30. The molecular formula is C18H25ClN6O3. The van der Waals surface area contributed by atoms with Gasteiger partial charge in [-0.3, -0.25) is 14.9 Å². The molecule has 2 aromatic rings. The number of aromatic nitrogens is 3. The van der Waals surface area contributed by atoms with Crippen molar-refractivity contribution in [2.24, 2.45) is 0 Å². The number of nitrogens with zero attached hydrogens (tertiary/aromatic N) is 4. The summed E-state index contributed by atoms with van der Waals surface area (Å²) in [4.78, 5) is 27.0. The van der Waals surface area contributed by atoms with E-state index >= 15 is 0 Å². The lowest BCUT2D eigenvalue weighted by Gasteiger charge is -2.16. The van der Waals surface area contributed by atoms with Crippen LogP contribution in [0, 0.1) is 10.1 Å². The second-order valence-corrected chi connectivity index (χ2v) is 6.70. The Morgan fingerprint density at radius 2 is 1.96 bits per heavy atom. The summed E-state index contributed by atoms with van der Waals surface area (Å²) < 4.78 is 1.30. The maximum absolute atomic E-state index is 12.3. The van der Waals surface area contributed by atoms with Crippen LogP contribution >= 0.6 is 12.4 Å². The number of halogens is 1. The molecule has 3 rings (SSSR count). The molecule has 0 atom stereocenters. The van der Waals surface area contributed by atoms with Crippen molar-refractivity contribution in [3.8, 4) is 5.69 Å². The molecule has 0 saturated heterocycles. The van der Waals surface area contributed by atoms with Crippen molar-refractivity contribution >= 4 is 24.0 Å². The van der Waals surface area contributed by atoms with Gasteiger partial charge >= 0.3 is 0 Å². The third-order valence-corrected chi connectivity index (χ3v) is 4.80. The van der Waals surface area contributed by atoms with Crippen molar-refractivity contribution in [2.45, 2.75) is 44.6 Å². The topological polar surface area (TPSA) is 115 Å². The zero-order valence-corrected chi connectivity index (χ0v) is 16.4. The third kappa shape index (κ3) is 5.74. The van der Waals surface area contributed by atoms with Gasteiger partial charge in [0, 0.05) is 30.8 Å². The van der Waals surface area contributed by atoms with E-state index in [2.05, 4.69) is 20.7 Å². The Kier molecular flexibility index (Phi) is 8.34. The molecule has 2 N–H and O–H groups in total. The van der Waals surface area contributed by atoms with Crippen molar-refractivity contribution in [1.29, 1.82) is 0 Å². The van der Waals surface area contributed by atoms with E-state index < -0.39 is 4.92 Å². The summed E-state index contributed by atoms with van der Waals surface area (Å²) in [5, 5.41) is 21.6. The fourth-order valence-electron chi connectivity index (χ4n) is 3.38. The molecule has 1 saturated carbocycles. The highest BCUT2D eigenvalue weighted by Crippen LogP contribution is 2.23. The predicted octanol–water partition coefficient (Wildman–Crippen LogP) is 2.64. The molecule has 1 aromatic carbocycles. The SMILES string of the molecule is Cl.O=C(NCCNC1CCCCCC1)c1ccc(-n2cncn2)c([N+](=O)[O-])c1. The minimum atomic E-state index is -0.526. The Morgan fingerprint density at radius 1 is 1.21 bits per heavy atom. The number of nitro groups is 1. The van der Waals surface area contributed by atoms with E-state index in [0.717, 1.165) is 0 Å². The molecule has 9 nitrogen and oxygen atoms in total. The van der Waals surface area contributed by atoms with E-state index in [-0.39, 0.29) is 35.3 Å². The lowest BCUT2D eigenvalue weighted by atomic mass is 10.1. The maximum atomic E-state index is 12.3. The van der Waals surface area contributed by atoms with Gasteiger partial charge in [0.1, 0.15) is 18.3 Å². The number of nitrogens with one attached hydrogen (secondary N) is 2. The smallest absolute Gasteiger partial charge is 0.295 e. The quantitative estimate of drug-likeness (QED) is 0.315. The van der Waals surface area contributed by atoms with Crippen LogP contribution in [0.4, 0.5) is 5.69 Å². The second kappa shape index (κ2) is 10.7. The summed E-state index contributed by atoms with van der Waals surface area (Å²) in [6.45, 7) is 1.17. The van der Waals surface area contributed by atoms with Gasteiger partial charge in [0.05, 0.1) is 4.92 Å². The molecule has 152 valence electrons. The van der Waals surface area contributed by atoms with Crippen LogP contribution in [0.1, 0.15) is 48.9 Å². The summed E-state index contributed by atoms with van der Waals surface area (Å²) in [5.41, 5.74) is 0.328. The van der Waals surface area contributed by atoms with Gasteiger partial charge < -0.3 is 10.6 Å². The molecule has 1 heterocycles. The monoisotopic (exact) mass is 408 g/mol. The van der Waals surface area contributed by atoms with Gasteiger partial charge in [-0.05, 0) is 25.0 Å². The first-order valence-corrected chi connectivity index (χ1v) is 9.30. The number of hydrogen-bond acceptors (Lipinski definition) is 6. The average molecular weight is 409 g/mol. The van der Waals surface area contributed by atoms with Gasteiger partial charge in [0.15, 0.2) is 0 Å². The summed E-state index contributed by atoms with van der Waals surface area (Å²) in [7, 11) is 0. The van der Waals surface area contributed by atoms with Crippen molar-refractivity contribution in [1.82, 2.24) is 25.4 Å². The highest BCUT2D eigenvalue weighted by molar-refractivity contribution is 5.95. The molecule has 0 bridgehead atoms. The molecule has 0 aliphatic heterocycles. The van der Waals surface area contributed by atoms with Crippen molar-refractivity contribution < 1.29 is 9.72 Å². The molecule has 28 heavy (non-hydrogen) atoms. The average Bonchev–Trinajstić information content (AvgIpc) is 3.08. The van der Waals surface area contributed by atoms with E-state index in [9.17, 15) is 14.9 Å². The van der Waals surface area contributed by atoms with Crippen LogP contribution in [0.15, 0.2) is 30.9 Å². The Bertz CT molecular complexity index is 776. The van der Waals surface area contributed by atoms with Crippen LogP contribution in [0.3, 0.4) is 0 Å². The Balaban J connectivity index is 0.00000280. The standard InChI is InChI=1S/C18H24N6O3.ClH/c25-18(21-10-9-20-15-5-3-1-2-4-6-15)14-7-8-16(17(11-14)24(26)27)23-13-19-12-22-23;/h7-8,11-13,15,20H,1-6,9-10H2,(H,21,25);1H. The van der Waals surface area contributed by atoms with Crippen LogP contribution in [0.2, 0.25) is 0 Å². The van der Waals surface area contributed by atoms with Crippen LogP contribution in [0.25, 0.3) is 5.69 Å². The molecule has 0 spiro atoms. The normalized spacial score (nSPS) is 14.7. The molecular weight excluding hydrogens is 384 g/mol. The molecule has 1 aromatic heterocycles. The highest BCUT2D eigenvalue weighted by atomic mass is 35.5. The zero-order chi connectivity index (χ0) is 19.1. The number of carbonyl (C=O) groups excluding carboxylic acids is 1. The van der Waals surface area contributed by atoms with Gasteiger partial charge in [-0.1, -0.05) is 25.7 Å². The van der Waals surface area contributed by atoms with Gasteiger partial charge in [0.2, 0.25) is 0 Å².